The minimum Gasteiger partial charge on any atom is -0.484 e. The van der Waals surface area contributed by atoms with Gasteiger partial charge in [-0.3, -0.25) is 14.8 Å². The lowest BCUT2D eigenvalue weighted by atomic mass is 9.89. The molecule has 2 heterocycles. The van der Waals surface area contributed by atoms with Crippen molar-refractivity contribution in [3.05, 3.63) is 78.2 Å². The normalized spacial score (nSPS) is 15.3. The fraction of sp³-hybridized carbons (Fsp3) is 0.240. The molecule has 1 aliphatic carbocycles. The summed E-state index contributed by atoms with van der Waals surface area (Å²) in [6.07, 6.45) is 7.53. The number of nitrogens with zero attached hydrogens (tertiary/aromatic N) is 3. The van der Waals surface area contributed by atoms with Gasteiger partial charge in [-0.15, -0.1) is 0 Å². The largest absolute Gasteiger partial charge is 0.484 e. The Morgan fingerprint density at radius 2 is 2.00 bits per heavy atom. The predicted molar refractivity (Wildman–Crippen MR) is 135 cm³/mol. The van der Waals surface area contributed by atoms with Crippen molar-refractivity contribution in [2.75, 3.05) is 15.8 Å². The summed E-state index contributed by atoms with van der Waals surface area (Å²) in [5.41, 5.74) is 4.38. The third-order valence-electron chi connectivity index (χ3n) is 5.92. The van der Waals surface area contributed by atoms with Crippen LogP contribution in [0.25, 0.3) is 11.3 Å². The molecule has 0 spiro atoms. The molecule has 1 unspecified atom stereocenters. The van der Waals surface area contributed by atoms with Gasteiger partial charge >= 0.3 is 0 Å². The molecule has 9 nitrogen and oxygen atoms in total. The highest BCUT2D eigenvalue weighted by Gasteiger charge is 2.23. The maximum atomic E-state index is 12.3. The van der Waals surface area contributed by atoms with Crippen LogP contribution in [0, 0.1) is 0 Å². The van der Waals surface area contributed by atoms with Crippen molar-refractivity contribution >= 4 is 27.3 Å². The number of sulfonamides is 1. The fourth-order valence-electron chi connectivity index (χ4n) is 4.12. The van der Waals surface area contributed by atoms with Gasteiger partial charge in [0.2, 0.25) is 10.0 Å². The molecule has 0 aliphatic heterocycles. The first-order chi connectivity index (χ1) is 17.0. The Morgan fingerprint density at radius 3 is 2.83 bits per heavy atom. The zero-order valence-corrected chi connectivity index (χ0v) is 20.0. The van der Waals surface area contributed by atoms with E-state index in [2.05, 4.69) is 42.3 Å². The van der Waals surface area contributed by atoms with Crippen LogP contribution in [0.15, 0.2) is 67.1 Å². The monoisotopic (exact) mass is 490 g/mol. The average Bonchev–Trinajstić information content (AvgIpc) is 3.34. The number of hydrogen-bond acceptors (Lipinski definition) is 7. The number of anilines is 3. The van der Waals surface area contributed by atoms with Crippen molar-refractivity contribution in [3.8, 4) is 17.0 Å². The van der Waals surface area contributed by atoms with Crippen LogP contribution in [0.4, 0.5) is 17.3 Å². The molecule has 5 rings (SSSR count). The van der Waals surface area contributed by atoms with Crippen molar-refractivity contribution in [2.45, 2.75) is 32.3 Å². The van der Waals surface area contributed by atoms with Gasteiger partial charge in [0.05, 0.1) is 23.3 Å². The summed E-state index contributed by atoms with van der Waals surface area (Å²) in [4.78, 5) is 8.23. The van der Waals surface area contributed by atoms with Gasteiger partial charge in [-0.1, -0.05) is 30.3 Å². The summed E-state index contributed by atoms with van der Waals surface area (Å²) in [6, 6.07) is 15.5. The lowest BCUT2D eigenvalue weighted by Crippen LogP contribution is -2.18. The summed E-state index contributed by atoms with van der Waals surface area (Å²) < 4.78 is 33.8. The first-order valence-electron chi connectivity index (χ1n) is 11.5. The first-order valence-corrected chi connectivity index (χ1v) is 13.1. The summed E-state index contributed by atoms with van der Waals surface area (Å²) >= 11 is 0. The maximum Gasteiger partial charge on any atom is 0.232 e. The molecule has 1 atom stereocenters. The number of rotatable bonds is 8. The Hall–Kier alpha value is -3.92. The Labute approximate surface area is 204 Å². The van der Waals surface area contributed by atoms with E-state index in [-0.39, 0.29) is 11.9 Å². The highest BCUT2D eigenvalue weighted by atomic mass is 32.2. The van der Waals surface area contributed by atoms with Gasteiger partial charge in [-0.25, -0.2) is 13.4 Å². The van der Waals surface area contributed by atoms with Gasteiger partial charge in [0.25, 0.3) is 0 Å². The molecule has 10 heteroatoms. The molecular weight excluding hydrogens is 464 g/mol. The molecule has 2 aromatic heterocycles. The molecule has 1 aliphatic rings. The van der Waals surface area contributed by atoms with E-state index >= 15 is 0 Å². The number of ether oxygens (including phenoxy) is 1. The summed E-state index contributed by atoms with van der Waals surface area (Å²) in [5.74, 6) is 1.60. The topological polar surface area (TPSA) is 122 Å². The van der Waals surface area contributed by atoms with E-state index in [0.29, 0.717) is 23.1 Å². The number of aromatic nitrogens is 4. The Kier molecular flexibility index (Phi) is 6.37. The van der Waals surface area contributed by atoms with Crippen molar-refractivity contribution < 1.29 is 13.2 Å². The quantitative estimate of drug-likeness (QED) is 0.323. The standard InChI is InChI=1S/C25H26N6O3S/c1-2-35(32,33)31-20-11-10-18(21-15-24(30-29-21)28-25-16-26-12-13-27-25)14-23(20)34-22-9-5-7-17-6-3-4-8-19(17)22/h3-4,6,8,10-16,22,31H,2,5,7,9H2,1H3,(H2,27,28,29,30). The second kappa shape index (κ2) is 9.75. The van der Waals surface area contributed by atoms with E-state index in [9.17, 15) is 8.42 Å². The van der Waals surface area contributed by atoms with E-state index in [1.807, 2.05) is 30.3 Å². The molecule has 0 fully saturated rings. The van der Waals surface area contributed by atoms with Gasteiger partial charge in [0.15, 0.2) is 5.82 Å². The van der Waals surface area contributed by atoms with Crippen LogP contribution in [0.1, 0.15) is 37.0 Å². The fourth-order valence-corrected chi connectivity index (χ4v) is 4.77. The van der Waals surface area contributed by atoms with Crippen molar-refractivity contribution in [2.24, 2.45) is 0 Å². The Balaban J connectivity index is 1.46. The van der Waals surface area contributed by atoms with E-state index in [0.717, 1.165) is 36.1 Å². The van der Waals surface area contributed by atoms with Gasteiger partial charge in [0, 0.05) is 24.0 Å². The number of benzene rings is 2. The highest BCUT2D eigenvalue weighted by molar-refractivity contribution is 7.92. The second-order valence-corrected chi connectivity index (χ2v) is 10.3. The number of H-pyrrole nitrogens is 1. The summed E-state index contributed by atoms with van der Waals surface area (Å²) in [6.45, 7) is 1.60. The van der Waals surface area contributed by atoms with E-state index in [1.165, 1.54) is 5.56 Å². The summed E-state index contributed by atoms with van der Waals surface area (Å²) in [7, 11) is -3.48. The Bertz CT molecular complexity index is 1420. The molecule has 0 bridgehead atoms. The van der Waals surface area contributed by atoms with Crippen LogP contribution in [0.2, 0.25) is 0 Å². The third kappa shape index (κ3) is 5.27. The molecule has 0 radical (unpaired) electrons. The zero-order chi connectivity index (χ0) is 24.3. The van der Waals surface area contributed by atoms with Crippen molar-refractivity contribution in [1.82, 2.24) is 20.2 Å². The van der Waals surface area contributed by atoms with E-state index < -0.39 is 10.0 Å². The molecule has 35 heavy (non-hydrogen) atoms. The van der Waals surface area contributed by atoms with Crippen molar-refractivity contribution in [1.29, 1.82) is 0 Å². The van der Waals surface area contributed by atoms with Gasteiger partial charge in [-0.2, -0.15) is 5.10 Å². The lowest BCUT2D eigenvalue weighted by molar-refractivity contribution is 0.184. The van der Waals surface area contributed by atoms with Crippen LogP contribution in [0.3, 0.4) is 0 Å². The number of hydrogen-bond donors (Lipinski definition) is 3. The highest BCUT2D eigenvalue weighted by Crippen LogP contribution is 2.38. The number of aromatic amines is 1. The van der Waals surface area contributed by atoms with Gasteiger partial charge in [-0.05, 0) is 49.4 Å². The molecule has 2 aromatic carbocycles. The molecule has 4 aromatic rings. The SMILES string of the molecule is CCS(=O)(=O)Nc1ccc(-c2cc(Nc3cnccn3)n[nH]2)cc1OC1CCCc2ccccc21. The molecular formula is C25H26N6O3S. The van der Waals surface area contributed by atoms with Crippen LogP contribution in [-0.2, 0) is 16.4 Å². The molecule has 0 saturated heterocycles. The van der Waals surface area contributed by atoms with E-state index in [4.69, 9.17) is 4.74 Å². The molecule has 0 amide bonds. The van der Waals surface area contributed by atoms with E-state index in [1.54, 1.807) is 31.6 Å². The number of fused-ring (bicyclic) bond motifs is 1. The van der Waals surface area contributed by atoms with Gasteiger partial charge in [0.1, 0.15) is 17.7 Å². The van der Waals surface area contributed by atoms with Gasteiger partial charge < -0.3 is 10.1 Å². The number of aryl methyl sites for hydroxylation is 1. The minimum atomic E-state index is -3.48. The first kappa shape index (κ1) is 22.9. The van der Waals surface area contributed by atoms with Crippen LogP contribution < -0.4 is 14.8 Å². The third-order valence-corrected chi connectivity index (χ3v) is 7.21. The smallest absolute Gasteiger partial charge is 0.232 e. The molecule has 180 valence electrons. The predicted octanol–water partition coefficient (Wildman–Crippen LogP) is 4.83. The zero-order valence-electron chi connectivity index (χ0n) is 19.2. The maximum absolute atomic E-state index is 12.3. The minimum absolute atomic E-state index is 0.0294. The number of nitrogens with one attached hydrogen (secondary N) is 3. The second-order valence-electron chi connectivity index (χ2n) is 8.30. The van der Waals surface area contributed by atoms with Crippen molar-refractivity contribution in [3.63, 3.8) is 0 Å². The lowest BCUT2D eigenvalue weighted by Gasteiger charge is -2.27. The Morgan fingerprint density at radius 1 is 1.11 bits per heavy atom. The van der Waals surface area contributed by atoms with Crippen LogP contribution in [-0.4, -0.2) is 34.3 Å². The molecule has 0 saturated carbocycles. The van der Waals surface area contributed by atoms with Crippen LogP contribution in [0.5, 0.6) is 5.75 Å². The van der Waals surface area contributed by atoms with Crippen LogP contribution >= 0.6 is 0 Å². The average molecular weight is 491 g/mol. The molecule has 3 N–H and O–H groups in total. The summed E-state index contributed by atoms with van der Waals surface area (Å²) in [5, 5.41) is 10.4.